The Morgan fingerprint density at radius 3 is 2.48 bits per heavy atom. The lowest BCUT2D eigenvalue weighted by molar-refractivity contribution is 0.455. The number of ether oxygens (including phenoxy) is 1. The van der Waals surface area contributed by atoms with Crippen molar-refractivity contribution in [2.75, 3.05) is 0 Å². The zero-order valence-electron chi connectivity index (χ0n) is 12.2. The average Bonchev–Trinajstić information content (AvgIpc) is 3.01. The van der Waals surface area contributed by atoms with Crippen LogP contribution in [-0.2, 0) is 0 Å². The number of benzene rings is 3. The summed E-state index contributed by atoms with van der Waals surface area (Å²) in [5.74, 6) is 1.86. The average molecular weight is 315 g/mol. The molecule has 23 heavy (non-hydrogen) atoms. The van der Waals surface area contributed by atoms with E-state index in [4.69, 9.17) is 4.74 Å². The lowest BCUT2D eigenvalue weighted by atomic mass is 10.1. The van der Waals surface area contributed by atoms with E-state index in [1.165, 1.54) is 10.9 Å². The Morgan fingerprint density at radius 1 is 0.739 bits per heavy atom. The van der Waals surface area contributed by atoms with E-state index in [0.717, 1.165) is 32.5 Å². The maximum Gasteiger partial charge on any atom is 0.142 e. The fraction of sp³-hybridized carbons (Fsp3) is 0. The second kappa shape index (κ2) is 4.93. The summed E-state index contributed by atoms with van der Waals surface area (Å²) in [6.45, 7) is 0. The molecule has 0 spiro atoms. The van der Waals surface area contributed by atoms with Crippen LogP contribution in [0.3, 0.4) is 0 Å². The molecule has 1 N–H and O–H groups in total. The largest absolute Gasteiger partial charge is 0.455 e. The quantitative estimate of drug-likeness (QED) is 0.405. The Balaban J connectivity index is 1.64. The van der Waals surface area contributed by atoms with Gasteiger partial charge >= 0.3 is 0 Å². The van der Waals surface area contributed by atoms with E-state index in [1.54, 1.807) is 11.8 Å². The first kappa shape index (κ1) is 12.9. The van der Waals surface area contributed by atoms with Gasteiger partial charge in [0.2, 0.25) is 0 Å². The smallest absolute Gasteiger partial charge is 0.142 e. The molecule has 0 aliphatic carbocycles. The Kier molecular flexibility index (Phi) is 2.76. The summed E-state index contributed by atoms with van der Waals surface area (Å²) >= 11 is 1.76. The molecule has 0 bridgehead atoms. The van der Waals surface area contributed by atoms with Crippen LogP contribution in [0.2, 0.25) is 0 Å². The van der Waals surface area contributed by atoms with Gasteiger partial charge in [0.1, 0.15) is 11.5 Å². The molecule has 0 atom stereocenters. The Bertz CT molecular complexity index is 958. The highest BCUT2D eigenvalue weighted by molar-refractivity contribution is 7.99. The number of H-pyrrole nitrogens is 1. The summed E-state index contributed by atoms with van der Waals surface area (Å²) < 4.78 is 6.07. The van der Waals surface area contributed by atoms with Crippen LogP contribution >= 0.6 is 11.8 Å². The summed E-state index contributed by atoms with van der Waals surface area (Å²) in [7, 11) is 0. The highest BCUT2D eigenvalue weighted by atomic mass is 32.2. The van der Waals surface area contributed by atoms with Crippen LogP contribution < -0.4 is 4.74 Å². The number of para-hydroxylation sites is 1. The zero-order valence-corrected chi connectivity index (χ0v) is 13.1. The molecule has 1 aliphatic rings. The maximum absolute atomic E-state index is 6.07. The highest BCUT2D eigenvalue weighted by Gasteiger charge is 2.18. The lowest BCUT2D eigenvalue weighted by Crippen LogP contribution is -1.94. The standard InChI is InChI=1S/C20H13NOS/c1-2-6-13(7-3-1)15-10-14-11-18-20(12-16(14)21-15)23-19-9-5-4-8-17(19)22-18/h1-12,21H. The minimum absolute atomic E-state index is 0.930. The maximum atomic E-state index is 6.07. The normalized spacial score (nSPS) is 12.5. The van der Waals surface area contributed by atoms with E-state index in [0.29, 0.717) is 0 Å². The van der Waals surface area contributed by atoms with Crippen molar-refractivity contribution in [1.29, 1.82) is 0 Å². The van der Waals surface area contributed by atoms with Crippen molar-refractivity contribution in [1.82, 2.24) is 4.98 Å². The molecular formula is C20H13NOS. The van der Waals surface area contributed by atoms with Crippen molar-refractivity contribution in [3.63, 3.8) is 0 Å². The van der Waals surface area contributed by atoms with Crippen molar-refractivity contribution >= 4 is 22.7 Å². The Morgan fingerprint density at radius 2 is 1.57 bits per heavy atom. The summed E-state index contributed by atoms with van der Waals surface area (Å²) in [6, 6.07) is 25.0. The third-order valence-corrected chi connectivity index (χ3v) is 5.15. The molecule has 5 rings (SSSR count). The summed E-state index contributed by atoms with van der Waals surface area (Å²) in [5, 5.41) is 1.17. The van der Waals surface area contributed by atoms with Gasteiger partial charge < -0.3 is 9.72 Å². The molecule has 2 nitrogen and oxygen atoms in total. The predicted octanol–water partition coefficient (Wildman–Crippen LogP) is 6.09. The van der Waals surface area contributed by atoms with E-state index in [2.05, 4.69) is 53.5 Å². The van der Waals surface area contributed by atoms with Crippen molar-refractivity contribution in [2.45, 2.75) is 9.79 Å². The van der Waals surface area contributed by atoms with Gasteiger partial charge in [-0.15, -0.1) is 0 Å². The molecule has 0 saturated heterocycles. The van der Waals surface area contributed by atoms with Crippen LogP contribution in [0.4, 0.5) is 0 Å². The van der Waals surface area contributed by atoms with Crippen LogP contribution in [0.5, 0.6) is 11.5 Å². The molecule has 0 saturated carbocycles. The fourth-order valence-electron chi connectivity index (χ4n) is 2.93. The molecule has 0 fully saturated rings. The topological polar surface area (TPSA) is 25.0 Å². The third kappa shape index (κ3) is 2.13. The minimum atomic E-state index is 0.930. The molecular weight excluding hydrogens is 302 g/mol. The first-order valence-corrected chi connectivity index (χ1v) is 8.35. The van der Waals surface area contributed by atoms with Gasteiger partial charge in [-0.05, 0) is 35.9 Å². The van der Waals surface area contributed by atoms with Crippen LogP contribution in [0, 0.1) is 0 Å². The van der Waals surface area contributed by atoms with E-state index >= 15 is 0 Å². The van der Waals surface area contributed by atoms with Gasteiger partial charge in [0.25, 0.3) is 0 Å². The third-order valence-electron chi connectivity index (χ3n) is 4.06. The molecule has 0 amide bonds. The number of fused-ring (bicyclic) bond motifs is 3. The van der Waals surface area contributed by atoms with Crippen molar-refractivity contribution in [3.05, 3.63) is 72.8 Å². The number of hydrogen-bond donors (Lipinski definition) is 1. The summed E-state index contributed by atoms with van der Waals surface area (Å²) in [6.07, 6.45) is 0. The van der Waals surface area contributed by atoms with Gasteiger partial charge in [-0.1, -0.05) is 54.2 Å². The summed E-state index contributed by atoms with van der Waals surface area (Å²) in [4.78, 5) is 5.83. The molecule has 3 aromatic carbocycles. The lowest BCUT2D eigenvalue weighted by Gasteiger charge is -2.19. The van der Waals surface area contributed by atoms with Crippen LogP contribution in [0.15, 0.2) is 82.6 Å². The van der Waals surface area contributed by atoms with Crippen molar-refractivity contribution in [3.8, 4) is 22.8 Å². The predicted molar refractivity (Wildman–Crippen MR) is 94.4 cm³/mol. The number of nitrogens with one attached hydrogen (secondary N) is 1. The van der Waals surface area contributed by atoms with Gasteiger partial charge in [0, 0.05) is 16.6 Å². The van der Waals surface area contributed by atoms with E-state index in [1.807, 2.05) is 24.3 Å². The van der Waals surface area contributed by atoms with Gasteiger partial charge in [-0.25, -0.2) is 0 Å². The number of rotatable bonds is 1. The number of hydrogen-bond acceptors (Lipinski definition) is 2. The molecule has 2 heterocycles. The van der Waals surface area contributed by atoms with Gasteiger partial charge in [0.05, 0.1) is 9.79 Å². The molecule has 1 aliphatic heterocycles. The summed E-state index contributed by atoms with van der Waals surface area (Å²) in [5.41, 5.74) is 3.46. The highest BCUT2D eigenvalue weighted by Crippen LogP contribution is 2.48. The fourth-order valence-corrected chi connectivity index (χ4v) is 3.90. The van der Waals surface area contributed by atoms with Gasteiger partial charge in [0.15, 0.2) is 0 Å². The van der Waals surface area contributed by atoms with Crippen LogP contribution in [-0.4, -0.2) is 4.98 Å². The molecule has 1 aromatic heterocycles. The van der Waals surface area contributed by atoms with Crippen LogP contribution in [0.25, 0.3) is 22.2 Å². The second-order valence-corrected chi connectivity index (χ2v) is 6.67. The first-order valence-electron chi connectivity index (χ1n) is 7.54. The van der Waals surface area contributed by atoms with Crippen LogP contribution in [0.1, 0.15) is 0 Å². The van der Waals surface area contributed by atoms with E-state index in [-0.39, 0.29) is 0 Å². The molecule has 110 valence electrons. The molecule has 0 radical (unpaired) electrons. The van der Waals surface area contributed by atoms with Gasteiger partial charge in [-0.3, -0.25) is 0 Å². The Labute approximate surface area is 138 Å². The molecule has 4 aromatic rings. The number of aromatic amines is 1. The monoisotopic (exact) mass is 315 g/mol. The van der Waals surface area contributed by atoms with Crippen molar-refractivity contribution < 1.29 is 4.74 Å². The van der Waals surface area contributed by atoms with Gasteiger partial charge in [-0.2, -0.15) is 0 Å². The SMILES string of the molecule is c1ccc(-c2cc3cc4c(cc3[nH]2)Sc2ccccc2O4)cc1. The Hall–Kier alpha value is -2.65. The zero-order chi connectivity index (χ0) is 15.2. The van der Waals surface area contributed by atoms with Crippen molar-refractivity contribution in [2.24, 2.45) is 0 Å². The van der Waals surface area contributed by atoms with E-state index < -0.39 is 0 Å². The minimum Gasteiger partial charge on any atom is -0.455 e. The first-order chi connectivity index (χ1) is 11.4. The molecule has 0 unspecified atom stereocenters. The molecule has 3 heteroatoms. The van der Waals surface area contributed by atoms with E-state index in [9.17, 15) is 0 Å². The number of aromatic nitrogens is 1. The second-order valence-electron chi connectivity index (χ2n) is 5.59.